The fraction of sp³-hybridized carbons (Fsp3) is 0.524. The van der Waals surface area contributed by atoms with Gasteiger partial charge in [-0.25, -0.2) is 29.9 Å². The molecule has 236 valence electrons. The van der Waals surface area contributed by atoms with Gasteiger partial charge in [0.05, 0.1) is 25.9 Å². The number of hydrogen-bond acceptors (Lipinski definition) is 18. The van der Waals surface area contributed by atoms with E-state index in [0.717, 1.165) is 0 Å². The van der Waals surface area contributed by atoms with Crippen molar-refractivity contribution < 1.29 is 47.2 Å². The number of aromatic nitrogens is 8. The lowest BCUT2D eigenvalue weighted by Crippen LogP contribution is -2.36. The summed E-state index contributed by atoms with van der Waals surface area (Å²) in [6, 6.07) is 0. The number of anilines is 2. The molecule has 2 unspecified atom stereocenters. The third-order valence-corrected chi connectivity index (χ3v) is 10.2. The molecule has 3 aliphatic rings. The Balaban J connectivity index is 1.20. The Morgan fingerprint density at radius 3 is 2.02 bits per heavy atom. The molecule has 4 aromatic rings. The van der Waals surface area contributed by atoms with Crippen LogP contribution in [0.1, 0.15) is 12.5 Å². The van der Waals surface area contributed by atoms with E-state index in [9.17, 15) is 19.7 Å². The fourth-order valence-electron chi connectivity index (χ4n) is 5.33. The van der Waals surface area contributed by atoms with Crippen LogP contribution in [0.4, 0.5) is 11.6 Å². The highest BCUT2D eigenvalue weighted by Crippen LogP contribution is 2.54. The number of nitrogens with two attached hydrogens (primary N) is 2. The van der Waals surface area contributed by atoms with Gasteiger partial charge in [-0.15, -0.1) is 0 Å². The van der Waals surface area contributed by atoms with E-state index in [-0.39, 0.29) is 34.0 Å². The summed E-state index contributed by atoms with van der Waals surface area (Å²) in [5.41, 5.74) is 12.9. The highest BCUT2D eigenvalue weighted by molar-refractivity contribution is 8.07. The number of nitrogens with zero attached hydrogens (tertiary/aromatic N) is 8. The molecule has 0 saturated carbocycles. The van der Waals surface area contributed by atoms with Gasteiger partial charge >= 0.3 is 14.3 Å². The Kier molecular flexibility index (Phi) is 7.43. The zero-order valence-corrected chi connectivity index (χ0v) is 25.2. The van der Waals surface area contributed by atoms with Crippen LogP contribution < -0.4 is 11.5 Å². The van der Waals surface area contributed by atoms with Gasteiger partial charge < -0.3 is 45.1 Å². The van der Waals surface area contributed by atoms with Crippen molar-refractivity contribution in [2.24, 2.45) is 0 Å². The second-order valence-corrected chi connectivity index (χ2v) is 15.1. The number of nitrogen functional groups attached to an aromatic ring is 2. The molecular weight excluding hydrogens is 646 g/mol. The van der Waals surface area contributed by atoms with E-state index >= 15 is 0 Å². The average Bonchev–Trinajstić information content (AvgIpc) is 3.73. The minimum Gasteiger partial charge on any atom is -0.387 e. The molecule has 23 heteroatoms. The summed E-state index contributed by atoms with van der Waals surface area (Å²) in [6.45, 7) is -3.85. The first-order chi connectivity index (χ1) is 20.9. The maximum Gasteiger partial charge on any atom is 0.328 e. The van der Waals surface area contributed by atoms with Crippen molar-refractivity contribution in [3.05, 3.63) is 25.3 Å². The normalized spacial score (nSPS) is 38.3. The van der Waals surface area contributed by atoms with E-state index in [4.69, 9.17) is 50.8 Å². The monoisotopic (exact) mass is 672 g/mol. The van der Waals surface area contributed by atoms with Crippen molar-refractivity contribution in [3.8, 4) is 0 Å². The summed E-state index contributed by atoms with van der Waals surface area (Å²) < 4.78 is 51.4. The molecule has 3 fully saturated rings. The minimum absolute atomic E-state index is 0.112. The molecule has 0 amide bonds. The van der Waals surface area contributed by atoms with Gasteiger partial charge in [-0.3, -0.25) is 22.7 Å². The first-order valence-electron chi connectivity index (χ1n) is 13.0. The Labute approximate surface area is 252 Å². The molecule has 4 aromatic heterocycles. The second kappa shape index (κ2) is 10.9. The predicted molar refractivity (Wildman–Crippen MR) is 151 cm³/mol. The van der Waals surface area contributed by atoms with Gasteiger partial charge in [0.1, 0.15) is 60.3 Å². The summed E-state index contributed by atoms with van der Waals surface area (Å²) in [6.07, 6.45) is -4.99. The highest BCUT2D eigenvalue weighted by Gasteiger charge is 2.52. The summed E-state index contributed by atoms with van der Waals surface area (Å²) >= 11 is 5.24. The topological polar surface area (TPSA) is 272 Å². The maximum atomic E-state index is 13.7. The summed E-state index contributed by atoms with van der Waals surface area (Å²) in [5.74, 6) is 0.226. The van der Waals surface area contributed by atoms with E-state index in [1.807, 2.05) is 0 Å². The lowest BCUT2D eigenvalue weighted by atomic mass is 10.1. The largest absolute Gasteiger partial charge is 0.387 e. The molecule has 0 aliphatic carbocycles. The van der Waals surface area contributed by atoms with Crippen molar-refractivity contribution in [2.75, 3.05) is 31.3 Å². The third-order valence-electron chi connectivity index (χ3n) is 7.39. The van der Waals surface area contributed by atoms with E-state index in [2.05, 4.69) is 29.9 Å². The van der Waals surface area contributed by atoms with E-state index in [1.54, 1.807) is 0 Å². The fourth-order valence-corrected chi connectivity index (χ4v) is 7.93. The van der Waals surface area contributed by atoms with Gasteiger partial charge in [0, 0.05) is 6.66 Å². The molecule has 3 saturated heterocycles. The number of fused-ring (bicyclic) bond motifs is 5. The van der Waals surface area contributed by atoms with E-state index < -0.39 is 76.6 Å². The van der Waals surface area contributed by atoms with Gasteiger partial charge in [0.25, 0.3) is 0 Å². The van der Waals surface area contributed by atoms with Gasteiger partial charge in [0.15, 0.2) is 35.4 Å². The van der Waals surface area contributed by atoms with Crippen LogP contribution >= 0.6 is 14.3 Å². The smallest absolute Gasteiger partial charge is 0.328 e. The summed E-state index contributed by atoms with van der Waals surface area (Å²) in [5, 5.41) is 22.5. The number of imidazole rings is 2. The number of aliphatic hydroxyl groups excluding tert-OH is 2. The van der Waals surface area contributed by atoms with E-state index in [1.165, 1.54) is 41.1 Å². The number of hydrogen-bond donors (Lipinski definition) is 5. The van der Waals surface area contributed by atoms with Crippen LogP contribution in [-0.4, -0.2) is 111 Å². The zero-order chi connectivity index (χ0) is 31.0. The Hall–Kier alpha value is -2.78. The van der Waals surface area contributed by atoms with Crippen LogP contribution in [0.5, 0.6) is 0 Å². The van der Waals surface area contributed by atoms with Crippen LogP contribution in [0, 0.1) is 0 Å². The molecule has 0 radical (unpaired) electrons. The molecule has 7 rings (SSSR count). The summed E-state index contributed by atoms with van der Waals surface area (Å²) in [7, 11) is -4.00. The van der Waals surface area contributed by atoms with E-state index in [0.29, 0.717) is 0 Å². The molecule has 0 aromatic carbocycles. The molecular formula is C21H26N10O10P2S. The Bertz CT molecular complexity index is 1830. The van der Waals surface area contributed by atoms with Crippen molar-refractivity contribution >= 4 is 60.1 Å². The Morgan fingerprint density at radius 1 is 0.818 bits per heavy atom. The van der Waals surface area contributed by atoms with Crippen molar-refractivity contribution in [3.63, 3.8) is 0 Å². The highest BCUT2D eigenvalue weighted by atomic mass is 32.5. The lowest BCUT2D eigenvalue weighted by Gasteiger charge is -2.27. The van der Waals surface area contributed by atoms with Gasteiger partial charge in [0.2, 0.25) is 0 Å². The average molecular weight is 673 g/mol. The molecule has 7 heterocycles. The Morgan fingerprint density at radius 2 is 1.39 bits per heavy atom. The molecule has 44 heavy (non-hydrogen) atoms. The first-order valence-corrected chi connectivity index (χ1v) is 17.6. The third kappa shape index (κ3) is 5.17. The van der Waals surface area contributed by atoms with Gasteiger partial charge in [-0.05, 0) is 11.8 Å². The number of ether oxygens (including phenoxy) is 2. The van der Waals surface area contributed by atoms with Crippen molar-refractivity contribution in [1.82, 2.24) is 39.0 Å². The molecule has 10 atom stereocenters. The van der Waals surface area contributed by atoms with Crippen LogP contribution in [0.2, 0.25) is 0 Å². The lowest BCUT2D eigenvalue weighted by molar-refractivity contribution is -0.0598. The van der Waals surface area contributed by atoms with Crippen molar-refractivity contribution in [1.29, 1.82) is 0 Å². The first kappa shape index (κ1) is 29.9. The maximum absolute atomic E-state index is 13.7. The number of rotatable bonds is 2. The quantitative estimate of drug-likeness (QED) is 0.163. The van der Waals surface area contributed by atoms with Crippen LogP contribution in [0.15, 0.2) is 25.3 Å². The second-order valence-electron chi connectivity index (χ2n) is 10.2. The SMILES string of the molecule is CP1(=O)OC[C@H]2O[C@@H](n3cnc4c(N)ncnc43)[C@H](O)[C@@H]2OP(O)(=S)OC[C@H]2O[C@@H](n3cnc4c(N)ncnc43)[C@H](O1)[C@@H]2O. The zero-order valence-electron chi connectivity index (χ0n) is 22.6. The minimum atomic E-state index is -4.13. The number of aliphatic hydroxyl groups is 2. The van der Waals surface area contributed by atoms with Crippen LogP contribution in [-0.2, 0) is 43.9 Å². The summed E-state index contributed by atoms with van der Waals surface area (Å²) in [4.78, 5) is 35.6. The van der Waals surface area contributed by atoms with Gasteiger partial charge in [-0.1, -0.05) is 0 Å². The molecule has 20 nitrogen and oxygen atoms in total. The van der Waals surface area contributed by atoms with Crippen LogP contribution in [0.25, 0.3) is 22.3 Å². The molecule has 0 spiro atoms. The predicted octanol–water partition coefficient (Wildman–Crippen LogP) is -0.796. The molecule has 2 bridgehead atoms. The molecule has 3 aliphatic heterocycles. The van der Waals surface area contributed by atoms with Gasteiger partial charge in [-0.2, -0.15) is 0 Å². The van der Waals surface area contributed by atoms with Crippen molar-refractivity contribution in [2.45, 2.75) is 49.1 Å². The van der Waals surface area contributed by atoms with Crippen LogP contribution in [0.3, 0.4) is 0 Å². The molecule has 7 N–H and O–H groups in total. The standard InChI is InChI=1S/C21H26N10O10P2S/c1-42(34)36-3-9-14(13(33)20(39-9)30-6-28-10-16(22)24-4-26-18(10)30)41-43(35,44)37-2-8-12(32)15(40-42)21(38-8)31-7-29-11-17(23)25-5-27-19(11)31/h4-9,12-15,20-21,32-33H,2-3H2,1H3,(H,35,44)(H2,22,24,26)(H2,23,25,27)/t8-,9-,12-,13-,14-,15-,20-,21-,42?,43?/m1/s1.